The van der Waals surface area contributed by atoms with Crippen LogP contribution in [-0.4, -0.2) is 25.9 Å². The molecule has 0 bridgehead atoms. The molecule has 1 unspecified atom stereocenters. The maximum atomic E-state index is 5.94. The lowest BCUT2D eigenvalue weighted by Gasteiger charge is -2.14. The van der Waals surface area contributed by atoms with E-state index in [9.17, 15) is 0 Å². The zero-order chi connectivity index (χ0) is 14.9. The summed E-state index contributed by atoms with van der Waals surface area (Å²) in [5.74, 6) is 1.81. The molecule has 1 aromatic carbocycles. The van der Waals surface area contributed by atoms with E-state index in [0.717, 1.165) is 61.5 Å². The van der Waals surface area contributed by atoms with Crippen LogP contribution in [0.4, 0.5) is 0 Å². The molecule has 1 heterocycles. The smallest absolute Gasteiger partial charge is 0.127 e. The molecule has 118 valence electrons. The van der Waals surface area contributed by atoms with Gasteiger partial charge in [0.15, 0.2) is 0 Å². The zero-order valence-electron chi connectivity index (χ0n) is 12.8. The highest BCUT2D eigenvalue weighted by Gasteiger charge is 2.14. The quantitative estimate of drug-likeness (QED) is 0.473. The van der Waals surface area contributed by atoms with E-state index in [1.54, 1.807) is 0 Å². The molecule has 1 fully saturated rings. The van der Waals surface area contributed by atoms with E-state index in [-0.39, 0.29) is 0 Å². The van der Waals surface area contributed by atoms with Gasteiger partial charge in [-0.1, -0.05) is 28.9 Å². The molecule has 1 saturated heterocycles. The Morgan fingerprint density at radius 1 is 1.29 bits per heavy atom. The Morgan fingerprint density at radius 3 is 2.90 bits per heavy atom. The van der Waals surface area contributed by atoms with Crippen LogP contribution in [-0.2, 0) is 10.1 Å². The number of alkyl halides is 1. The van der Waals surface area contributed by atoms with E-state index in [2.05, 4.69) is 28.9 Å². The molecule has 0 spiro atoms. The summed E-state index contributed by atoms with van der Waals surface area (Å²) in [6, 6.07) is 6.07. The number of hydrogen-bond acceptors (Lipinski definition) is 3. The van der Waals surface area contributed by atoms with Crippen molar-refractivity contribution < 1.29 is 14.2 Å². The first-order valence-electron chi connectivity index (χ1n) is 7.89. The fourth-order valence-corrected chi connectivity index (χ4v) is 2.92. The SMILES string of the molecule is CCCOc1ccc(CBr)c(OCCCC2CCCO2)c1. The van der Waals surface area contributed by atoms with Crippen molar-refractivity contribution in [3.63, 3.8) is 0 Å². The molecule has 1 atom stereocenters. The average molecular weight is 357 g/mol. The van der Waals surface area contributed by atoms with Gasteiger partial charge in [0.05, 0.1) is 19.3 Å². The molecule has 0 N–H and O–H groups in total. The summed E-state index contributed by atoms with van der Waals surface area (Å²) in [4.78, 5) is 0. The van der Waals surface area contributed by atoms with E-state index in [1.165, 1.54) is 12.8 Å². The molecule has 0 aliphatic carbocycles. The molecule has 0 radical (unpaired) electrons. The Morgan fingerprint density at radius 2 is 2.19 bits per heavy atom. The Labute approximate surface area is 136 Å². The molecule has 2 rings (SSSR count). The Hall–Kier alpha value is -0.740. The van der Waals surface area contributed by atoms with Crippen molar-refractivity contribution in [2.24, 2.45) is 0 Å². The van der Waals surface area contributed by atoms with Crippen LogP contribution in [0.2, 0.25) is 0 Å². The topological polar surface area (TPSA) is 27.7 Å². The maximum Gasteiger partial charge on any atom is 0.127 e. The van der Waals surface area contributed by atoms with Crippen LogP contribution in [0.5, 0.6) is 11.5 Å². The third kappa shape index (κ3) is 5.51. The van der Waals surface area contributed by atoms with E-state index in [0.29, 0.717) is 6.10 Å². The van der Waals surface area contributed by atoms with Crippen LogP contribution in [0.25, 0.3) is 0 Å². The molecule has 3 nitrogen and oxygen atoms in total. The minimum absolute atomic E-state index is 0.448. The Kier molecular flexibility index (Phi) is 7.37. The lowest BCUT2D eigenvalue weighted by atomic mass is 10.1. The van der Waals surface area contributed by atoms with Crippen molar-refractivity contribution in [3.8, 4) is 11.5 Å². The van der Waals surface area contributed by atoms with Crippen molar-refractivity contribution in [3.05, 3.63) is 23.8 Å². The van der Waals surface area contributed by atoms with Gasteiger partial charge in [0.2, 0.25) is 0 Å². The van der Waals surface area contributed by atoms with Crippen LogP contribution in [0.3, 0.4) is 0 Å². The molecule has 0 saturated carbocycles. The van der Waals surface area contributed by atoms with Crippen LogP contribution in [0.15, 0.2) is 18.2 Å². The van der Waals surface area contributed by atoms with Crippen LogP contribution >= 0.6 is 15.9 Å². The van der Waals surface area contributed by atoms with Crippen molar-refractivity contribution >= 4 is 15.9 Å². The van der Waals surface area contributed by atoms with Gasteiger partial charge >= 0.3 is 0 Å². The van der Waals surface area contributed by atoms with Gasteiger partial charge in [0, 0.05) is 23.6 Å². The van der Waals surface area contributed by atoms with Gasteiger partial charge in [0.1, 0.15) is 11.5 Å². The van der Waals surface area contributed by atoms with Crippen LogP contribution in [0, 0.1) is 0 Å². The molecule has 4 heteroatoms. The van der Waals surface area contributed by atoms with Gasteiger partial charge in [-0.3, -0.25) is 0 Å². The summed E-state index contributed by atoms with van der Waals surface area (Å²) in [5.41, 5.74) is 1.16. The third-order valence-electron chi connectivity index (χ3n) is 3.61. The second kappa shape index (κ2) is 9.31. The highest BCUT2D eigenvalue weighted by Crippen LogP contribution is 2.27. The standard InChI is InChI=1S/C17H25BrO3/c1-2-9-19-16-8-7-14(13-18)17(12-16)21-11-4-6-15-5-3-10-20-15/h7-8,12,15H,2-6,9-11,13H2,1H3. The van der Waals surface area contributed by atoms with Gasteiger partial charge in [-0.2, -0.15) is 0 Å². The highest BCUT2D eigenvalue weighted by atomic mass is 79.9. The van der Waals surface area contributed by atoms with E-state index in [4.69, 9.17) is 14.2 Å². The number of benzene rings is 1. The summed E-state index contributed by atoms with van der Waals surface area (Å²) >= 11 is 3.51. The predicted octanol–water partition coefficient (Wildman–Crippen LogP) is 4.71. The predicted molar refractivity (Wildman–Crippen MR) is 88.6 cm³/mol. The van der Waals surface area contributed by atoms with E-state index in [1.807, 2.05) is 12.1 Å². The van der Waals surface area contributed by atoms with Gasteiger partial charge in [-0.05, 0) is 38.2 Å². The number of rotatable bonds is 9. The van der Waals surface area contributed by atoms with Crippen LogP contribution in [0.1, 0.15) is 44.6 Å². The maximum absolute atomic E-state index is 5.94. The molecule has 0 amide bonds. The van der Waals surface area contributed by atoms with Gasteiger partial charge < -0.3 is 14.2 Å². The monoisotopic (exact) mass is 356 g/mol. The summed E-state index contributed by atoms with van der Waals surface area (Å²) in [6.45, 7) is 4.51. The Bertz CT molecular complexity index is 416. The number of hydrogen-bond donors (Lipinski definition) is 0. The highest BCUT2D eigenvalue weighted by molar-refractivity contribution is 9.08. The number of halogens is 1. The van der Waals surface area contributed by atoms with Crippen LogP contribution < -0.4 is 9.47 Å². The first-order valence-corrected chi connectivity index (χ1v) is 9.01. The largest absolute Gasteiger partial charge is 0.493 e. The van der Waals surface area contributed by atoms with E-state index < -0.39 is 0 Å². The van der Waals surface area contributed by atoms with Crippen molar-refractivity contribution in [2.45, 2.75) is 50.5 Å². The van der Waals surface area contributed by atoms with Crippen molar-refractivity contribution in [1.29, 1.82) is 0 Å². The average Bonchev–Trinajstić information content (AvgIpc) is 3.03. The van der Waals surface area contributed by atoms with Gasteiger partial charge in [0.25, 0.3) is 0 Å². The molecule has 1 aromatic rings. The van der Waals surface area contributed by atoms with Gasteiger partial charge in [-0.25, -0.2) is 0 Å². The second-order valence-electron chi connectivity index (χ2n) is 5.38. The molecule has 1 aliphatic rings. The number of ether oxygens (including phenoxy) is 3. The lowest BCUT2D eigenvalue weighted by Crippen LogP contribution is -2.08. The van der Waals surface area contributed by atoms with Crippen molar-refractivity contribution in [2.75, 3.05) is 19.8 Å². The first-order chi connectivity index (χ1) is 10.3. The minimum atomic E-state index is 0.448. The third-order valence-corrected chi connectivity index (χ3v) is 4.21. The fourth-order valence-electron chi connectivity index (χ4n) is 2.45. The van der Waals surface area contributed by atoms with E-state index >= 15 is 0 Å². The molecule has 21 heavy (non-hydrogen) atoms. The summed E-state index contributed by atoms with van der Waals surface area (Å²) in [6.07, 6.45) is 5.99. The molecular weight excluding hydrogens is 332 g/mol. The molecule has 1 aliphatic heterocycles. The Balaban J connectivity index is 1.81. The normalized spacial score (nSPS) is 17.9. The zero-order valence-corrected chi connectivity index (χ0v) is 14.4. The summed E-state index contributed by atoms with van der Waals surface area (Å²) < 4.78 is 17.2. The summed E-state index contributed by atoms with van der Waals surface area (Å²) in [7, 11) is 0. The van der Waals surface area contributed by atoms with Gasteiger partial charge in [-0.15, -0.1) is 0 Å². The molecule has 0 aromatic heterocycles. The summed E-state index contributed by atoms with van der Waals surface area (Å²) in [5, 5.41) is 0.794. The fraction of sp³-hybridized carbons (Fsp3) is 0.647. The van der Waals surface area contributed by atoms with Crippen molar-refractivity contribution in [1.82, 2.24) is 0 Å². The minimum Gasteiger partial charge on any atom is -0.493 e. The first kappa shape index (κ1) is 16.6. The molecular formula is C17H25BrO3. The second-order valence-corrected chi connectivity index (χ2v) is 5.94. The lowest BCUT2D eigenvalue weighted by molar-refractivity contribution is 0.0981.